The largest absolute Gasteiger partial charge is 0.496 e. The van der Waals surface area contributed by atoms with Gasteiger partial charge in [0.15, 0.2) is 0 Å². The molecule has 1 aliphatic rings. The second kappa shape index (κ2) is 9.08. The molecule has 3 rings (SSSR count). The van der Waals surface area contributed by atoms with Crippen LogP contribution in [-0.2, 0) is 16.0 Å². The first-order valence-corrected chi connectivity index (χ1v) is 10.7. The van der Waals surface area contributed by atoms with Gasteiger partial charge in [-0.05, 0) is 67.6 Å². The van der Waals surface area contributed by atoms with Crippen LogP contribution in [0.1, 0.15) is 29.5 Å². The van der Waals surface area contributed by atoms with Gasteiger partial charge in [-0.15, -0.1) is 0 Å². The number of hydrogen-bond acceptors (Lipinski definition) is 4. The average molecular weight is 475 g/mol. The summed E-state index contributed by atoms with van der Waals surface area (Å²) in [6.07, 6.45) is 1.70. The van der Waals surface area contributed by atoms with Crippen LogP contribution >= 0.6 is 15.9 Å². The van der Waals surface area contributed by atoms with Crippen LogP contribution in [0, 0.1) is 13.8 Å². The van der Waals surface area contributed by atoms with Crippen molar-refractivity contribution in [2.75, 3.05) is 26.1 Å². The van der Waals surface area contributed by atoms with Crippen molar-refractivity contribution in [1.82, 2.24) is 4.90 Å². The van der Waals surface area contributed by atoms with Gasteiger partial charge in [0.05, 0.1) is 14.2 Å². The molecule has 2 aromatic rings. The minimum atomic E-state index is -1.02. The first kappa shape index (κ1) is 22.2. The zero-order chi connectivity index (χ0) is 21.9. The Morgan fingerprint density at radius 1 is 1.13 bits per heavy atom. The number of likely N-dealkylation sites (tertiary alicyclic amines) is 1. The van der Waals surface area contributed by atoms with Crippen LogP contribution in [0.4, 0.5) is 10.5 Å². The molecule has 0 radical (unpaired) electrons. The summed E-state index contributed by atoms with van der Waals surface area (Å²) in [5, 5.41) is 2.96. The topological polar surface area (TPSA) is 67.9 Å². The predicted molar refractivity (Wildman–Crippen MR) is 120 cm³/mol. The number of halogens is 1. The molecule has 1 saturated heterocycles. The third kappa shape index (κ3) is 4.31. The number of nitrogens with one attached hydrogen (secondary N) is 1. The lowest BCUT2D eigenvalue weighted by atomic mass is 9.88. The standard InChI is InChI=1S/C23H27BrN2O4/c1-15-12-19(13-16(2)20(15)29-3)25-22(28)26-11-5-10-23(26,21(27)30-4)14-17-6-8-18(24)9-7-17/h6-9,12-13H,5,10-11,14H2,1-4H3,(H,25,28). The van der Waals surface area contributed by atoms with Crippen molar-refractivity contribution in [1.29, 1.82) is 0 Å². The summed E-state index contributed by atoms with van der Waals surface area (Å²) in [5.74, 6) is 0.411. The molecular formula is C23H27BrN2O4. The smallest absolute Gasteiger partial charge is 0.332 e. The van der Waals surface area contributed by atoms with Crippen molar-refractivity contribution in [2.24, 2.45) is 0 Å². The third-order valence-electron chi connectivity index (χ3n) is 5.62. The molecular weight excluding hydrogens is 448 g/mol. The van der Waals surface area contributed by atoms with E-state index in [9.17, 15) is 9.59 Å². The first-order chi connectivity index (χ1) is 14.3. The fourth-order valence-corrected chi connectivity index (χ4v) is 4.57. The van der Waals surface area contributed by atoms with Crippen LogP contribution in [0.15, 0.2) is 40.9 Å². The lowest BCUT2D eigenvalue weighted by Gasteiger charge is -2.36. The van der Waals surface area contributed by atoms with Crippen LogP contribution in [0.2, 0.25) is 0 Å². The van der Waals surface area contributed by atoms with E-state index in [2.05, 4.69) is 21.2 Å². The van der Waals surface area contributed by atoms with E-state index in [1.54, 1.807) is 12.0 Å². The molecule has 6 nitrogen and oxygen atoms in total. The van der Waals surface area contributed by atoms with E-state index < -0.39 is 5.54 Å². The van der Waals surface area contributed by atoms with E-state index in [1.165, 1.54) is 7.11 Å². The number of rotatable bonds is 5. The van der Waals surface area contributed by atoms with Gasteiger partial charge in [0.25, 0.3) is 0 Å². The van der Waals surface area contributed by atoms with Gasteiger partial charge in [0, 0.05) is 23.1 Å². The van der Waals surface area contributed by atoms with E-state index in [-0.39, 0.29) is 12.0 Å². The monoisotopic (exact) mass is 474 g/mol. The Bertz CT molecular complexity index is 922. The summed E-state index contributed by atoms with van der Waals surface area (Å²) < 4.78 is 11.5. The highest BCUT2D eigenvalue weighted by Crippen LogP contribution is 2.35. The van der Waals surface area contributed by atoms with Gasteiger partial charge in [-0.2, -0.15) is 0 Å². The second-order valence-electron chi connectivity index (χ2n) is 7.66. The van der Waals surface area contributed by atoms with Gasteiger partial charge in [-0.1, -0.05) is 28.1 Å². The maximum atomic E-state index is 13.2. The number of esters is 1. The highest BCUT2D eigenvalue weighted by molar-refractivity contribution is 9.10. The van der Waals surface area contributed by atoms with Crippen LogP contribution in [-0.4, -0.2) is 43.2 Å². The van der Waals surface area contributed by atoms with E-state index >= 15 is 0 Å². The van der Waals surface area contributed by atoms with Gasteiger partial charge in [-0.3, -0.25) is 0 Å². The molecule has 0 spiro atoms. The molecule has 0 saturated carbocycles. The number of carbonyl (C=O) groups excluding carboxylic acids is 2. The van der Waals surface area contributed by atoms with Crippen LogP contribution in [0.5, 0.6) is 5.75 Å². The SMILES string of the molecule is COC(=O)C1(Cc2ccc(Br)cc2)CCCN1C(=O)Nc1cc(C)c(OC)c(C)c1. The van der Waals surface area contributed by atoms with E-state index in [1.807, 2.05) is 50.2 Å². The summed E-state index contributed by atoms with van der Waals surface area (Å²) in [5.41, 5.74) is 2.49. The number of ether oxygens (including phenoxy) is 2. The molecule has 2 aromatic carbocycles. The fourth-order valence-electron chi connectivity index (χ4n) is 4.31. The molecule has 0 bridgehead atoms. The van der Waals surface area contributed by atoms with E-state index in [0.29, 0.717) is 25.1 Å². The van der Waals surface area contributed by atoms with Crippen LogP contribution in [0.3, 0.4) is 0 Å². The highest BCUT2D eigenvalue weighted by Gasteiger charge is 2.50. The van der Waals surface area contributed by atoms with E-state index in [4.69, 9.17) is 9.47 Å². The molecule has 1 atom stereocenters. The van der Waals surface area contributed by atoms with Gasteiger partial charge in [0.1, 0.15) is 11.3 Å². The number of nitrogens with zero attached hydrogens (tertiary/aromatic N) is 1. The zero-order valence-electron chi connectivity index (χ0n) is 17.8. The second-order valence-corrected chi connectivity index (χ2v) is 8.57. The van der Waals surface area contributed by atoms with Gasteiger partial charge in [-0.25, -0.2) is 9.59 Å². The molecule has 160 valence electrons. The predicted octanol–water partition coefficient (Wildman–Crippen LogP) is 4.86. The minimum Gasteiger partial charge on any atom is -0.496 e. The number of anilines is 1. The molecule has 0 aromatic heterocycles. The Balaban J connectivity index is 1.89. The third-order valence-corrected chi connectivity index (χ3v) is 6.15. The van der Waals surface area contributed by atoms with Gasteiger partial charge < -0.3 is 19.7 Å². The molecule has 1 aliphatic heterocycles. The quantitative estimate of drug-likeness (QED) is 0.628. The minimum absolute atomic E-state index is 0.307. The molecule has 2 amide bonds. The molecule has 30 heavy (non-hydrogen) atoms. The maximum Gasteiger partial charge on any atom is 0.332 e. The van der Waals surface area contributed by atoms with Crippen LogP contribution < -0.4 is 10.1 Å². The van der Waals surface area contributed by atoms with Crippen LogP contribution in [0.25, 0.3) is 0 Å². The first-order valence-electron chi connectivity index (χ1n) is 9.87. The van der Waals surface area contributed by atoms with Crippen molar-refractivity contribution in [2.45, 2.75) is 38.6 Å². The van der Waals surface area contributed by atoms with Crippen molar-refractivity contribution in [3.05, 3.63) is 57.6 Å². The molecule has 1 unspecified atom stereocenters. The van der Waals surface area contributed by atoms with Crippen molar-refractivity contribution in [3.8, 4) is 5.75 Å². The average Bonchev–Trinajstić information content (AvgIpc) is 3.13. The number of methoxy groups -OCH3 is 2. The van der Waals surface area contributed by atoms with Crippen molar-refractivity contribution < 1.29 is 19.1 Å². The number of aryl methyl sites for hydroxylation is 2. The number of carbonyl (C=O) groups is 2. The Labute approximate surface area is 185 Å². The Hall–Kier alpha value is -2.54. The summed E-state index contributed by atoms with van der Waals surface area (Å²) >= 11 is 3.43. The number of amides is 2. The molecule has 7 heteroatoms. The summed E-state index contributed by atoms with van der Waals surface area (Å²) in [6, 6.07) is 11.2. The zero-order valence-corrected chi connectivity index (χ0v) is 19.3. The molecule has 1 N–H and O–H groups in total. The number of benzene rings is 2. The highest BCUT2D eigenvalue weighted by atomic mass is 79.9. The maximum absolute atomic E-state index is 13.2. The summed E-state index contributed by atoms with van der Waals surface area (Å²) in [7, 11) is 3.00. The Kier molecular flexibility index (Phi) is 6.71. The van der Waals surface area contributed by atoms with Gasteiger partial charge in [0.2, 0.25) is 0 Å². The molecule has 1 fully saturated rings. The fraction of sp³-hybridized carbons (Fsp3) is 0.391. The number of urea groups is 1. The molecule has 1 heterocycles. The van der Waals surface area contributed by atoms with E-state index in [0.717, 1.165) is 33.3 Å². The lowest BCUT2D eigenvalue weighted by Crippen LogP contribution is -2.56. The lowest BCUT2D eigenvalue weighted by molar-refractivity contribution is -0.151. The normalized spacial score (nSPS) is 18.2. The Morgan fingerprint density at radius 3 is 2.33 bits per heavy atom. The number of hydrogen-bond donors (Lipinski definition) is 1. The summed E-state index contributed by atoms with van der Waals surface area (Å²) in [4.78, 5) is 27.8. The van der Waals surface area contributed by atoms with Crippen molar-refractivity contribution in [3.63, 3.8) is 0 Å². The van der Waals surface area contributed by atoms with Gasteiger partial charge >= 0.3 is 12.0 Å². The van der Waals surface area contributed by atoms with Crippen molar-refractivity contribution >= 4 is 33.6 Å². The Morgan fingerprint density at radius 2 is 1.77 bits per heavy atom. The summed E-state index contributed by atoms with van der Waals surface area (Å²) in [6.45, 7) is 4.36. The molecule has 0 aliphatic carbocycles.